The number of carbonyl (C=O) groups is 1. The molecule has 1 amide bonds. The maximum absolute atomic E-state index is 14.6. The Morgan fingerprint density at radius 2 is 1.64 bits per heavy atom. The van der Waals surface area contributed by atoms with Crippen LogP contribution in [0.4, 0.5) is 11.4 Å². The van der Waals surface area contributed by atoms with Crippen molar-refractivity contribution in [3.63, 3.8) is 0 Å². The predicted molar refractivity (Wildman–Crippen MR) is 171 cm³/mol. The largest absolute Gasteiger partial charge is 0.369 e. The molecule has 10 nitrogen and oxygen atoms in total. The van der Waals surface area contributed by atoms with Gasteiger partial charge in [0.25, 0.3) is 0 Å². The number of piperidine rings is 1. The van der Waals surface area contributed by atoms with Gasteiger partial charge < -0.3 is 9.80 Å². The Morgan fingerprint density at radius 3 is 2.30 bits per heavy atom. The first-order valence-corrected chi connectivity index (χ1v) is 15.7. The first kappa shape index (κ1) is 26.6. The predicted octanol–water partition coefficient (Wildman–Crippen LogP) is 4.91. The van der Waals surface area contributed by atoms with Gasteiger partial charge in [0.05, 0.1) is 46.0 Å². The Balaban J connectivity index is 1.45. The molecule has 1 spiro atoms. The van der Waals surface area contributed by atoms with Gasteiger partial charge in [0.2, 0.25) is 5.91 Å². The van der Waals surface area contributed by atoms with E-state index in [0.29, 0.717) is 36.5 Å². The molecule has 8 rings (SSSR count). The topological polar surface area (TPSA) is 105 Å². The lowest BCUT2D eigenvalue weighted by Crippen LogP contribution is -2.48. The van der Waals surface area contributed by atoms with Gasteiger partial charge in [0.15, 0.2) is 16.6 Å². The molecular formula is C33H30N8O2S. The maximum atomic E-state index is 14.6. The van der Waals surface area contributed by atoms with E-state index in [1.165, 1.54) is 0 Å². The summed E-state index contributed by atoms with van der Waals surface area (Å²) in [5.74, 6) is 0.0764. The molecule has 1 unspecified atom stereocenters. The highest BCUT2D eigenvalue weighted by atomic mass is 32.2. The minimum Gasteiger partial charge on any atom is -0.369 e. The Hall–Kier alpha value is -5.03. The van der Waals surface area contributed by atoms with Crippen molar-refractivity contribution in [1.29, 1.82) is 0 Å². The highest BCUT2D eigenvalue weighted by Gasteiger charge is 2.53. The van der Waals surface area contributed by atoms with Gasteiger partial charge >= 0.3 is 0 Å². The fourth-order valence-corrected chi connectivity index (χ4v) is 8.27. The molecule has 2 aliphatic heterocycles. The quantitative estimate of drug-likeness (QED) is 0.301. The van der Waals surface area contributed by atoms with Crippen LogP contribution < -0.4 is 9.80 Å². The number of H-pyrrole nitrogens is 1. The summed E-state index contributed by atoms with van der Waals surface area (Å²) in [4.78, 5) is 24.0. The van der Waals surface area contributed by atoms with Crippen molar-refractivity contribution in [3.8, 4) is 22.4 Å². The van der Waals surface area contributed by atoms with Crippen LogP contribution in [0.3, 0.4) is 0 Å². The number of pyridine rings is 1. The number of anilines is 2. The number of amides is 1. The molecule has 6 heterocycles. The third-order valence-corrected chi connectivity index (χ3v) is 10.5. The molecule has 1 atom stereocenters. The molecule has 11 heteroatoms. The van der Waals surface area contributed by atoms with Crippen molar-refractivity contribution in [3.05, 3.63) is 97.2 Å². The first-order valence-electron chi connectivity index (χ1n) is 14.6. The summed E-state index contributed by atoms with van der Waals surface area (Å²) in [5.41, 5.74) is 6.08. The maximum Gasteiger partial charge on any atom is 0.237 e. The number of hydrogen-bond donors (Lipinski definition) is 1. The van der Waals surface area contributed by atoms with Gasteiger partial charge in [-0.3, -0.25) is 14.6 Å². The molecule has 44 heavy (non-hydrogen) atoms. The van der Waals surface area contributed by atoms with Crippen LogP contribution in [0, 0.1) is 0 Å². The second kappa shape index (κ2) is 10.0. The van der Waals surface area contributed by atoms with Crippen LogP contribution in [0.15, 0.2) is 96.5 Å². The van der Waals surface area contributed by atoms with E-state index in [4.69, 9.17) is 4.98 Å². The van der Waals surface area contributed by atoms with Crippen molar-refractivity contribution < 1.29 is 9.00 Å². The summed E-state index contributed by atoms with van der Waals surface area (Å²) < 4.78 is 18.2. The van der Waals surface area contributed by atoms with Crippen LogP contribution in [0.1, 0.15) is 18.4 Å². The molecule has 6 aromatic rings. The van der Waals surface area contributed by atoms with E-state index < -0.39 is 16.4 Å². The third-order valence-electron chi connectivity index (χ3n) is 9.09. The highest BCUT2D eigenvalue weighted by Crippen LogP contribution is 2.54. The average Bonchev–Trinajstić information content (AvgIpc) is 3.86. The van der Waals surface area contributed by atoms with Crippen LogP contribution in [-0.4, -0.2) is 59.2 Å². The van der Waals surface area contributed by atoms with Crippen LogP contribution in [-0.2, 0) is 28.2 Å². The molecule has 1 fully saturated rings. The number of benzene rings is 2. The number of likely N-dealkylation sites (N-methyl/N-ethyl adjacent to an activating group) is 1. The normalized spacial score (nSPS) is 16.6. The summed E-state index contributed by atoms with van der Waals surface area (Å²) >= 11 is 0. The lowest BCUT2D eigenvalue weighted by Gasteiger charge is -2.39. The van der Waals surface area contributed by atoms with E-state index in [1.807, 2.05) is 85.2 Å². The molecule has 0 radical (unpaired) electrons. The second-order valence-electron chi connectivity index (χ2n) is 11.5. The lowest BCUT2D eigenvalue weighted by atomic mass is 9.72. The number of rotatable bonds is 5. The Morgan fingerprint density at radius 1 is 0.909 bits per heavy atom. The first-order chi connectivity index (χ1) is 21.5. The molecule has 1 N–H and O–H groups in total. The number of fused-ring (bicyclic) bond motifs is 4. The van der Waals surface area contributed by atoms with E-state index in [9.17, 15) is 9.00 Å². The Labute approximate surface area is 256 Å². The number of aromatic nitrogens is 6. The van der Waals surface area contributed by atoms with Crippen LogP contribution in [0.25, 0.3) is 33.4 Å². The van der Waals surface area contributed by atoms with Crippen LogP contribution in [0.5, 0.6) is 0 Å². The van der Waals surface area contributed by atoms with Crippen LogP contribution in [0.2, 0.25) is 0 Å². The second-order valence-corrected chi connectivity index (χ2v) is 12.8. The zero-order chi connectivity index (χ0) is 30.0. The van der Waals surface area contributed by atoms with E-state index in [-0.39, 0.29) is 5.91 Å². The van der Waals surface area contributed by atoms with Crippen molar-refractivity contribution >= 4 is 39.3 Å². The Kier molecular flexibility index (Phi) is 6.05. The fraction of sp³-hybridized carbons (Fsp3) is 0.212. The summed E-state index contributed by atoms with van der Waals surface area (Å²) in [5, 5.41) is 12.4. The molecule has 4 aromatic heterocycles. The van der Waals surface area contributed by atoms with E-state index in [1.54, 1.807) is 22.0 Å². The van der Waals surface area contributed by atoms with E-state index in [0.717, 1.165) is 44.7 Å². The molecule has 0 saturated carbocycles. The summed E-state index contributed by atoms with van der Waals surface area (Å²) in [7, 11) is 2.08. The van der Waals surface area contributed by atoms with Crippen molar-refractivity contribution in [2.75, 3.05) is 29.9 Å². The van der Waals surface area contributed by atoms with Crippen LogP contribution >= 0.6 is 0 Å². The van der Waals surface area contributed by atoms with Gasteiger partial charge in [0, 0.05) is 61.7 Å². The molecule has 0 aliphatic carbocycles. The minimum absolute atomic E-state index is 0.0764. The zero-order valence-corrected chi connectivity index (χ0v) is 25.2. The van der Waals surface area contributed by atoms with Crippen molar-refractivity contribution in [1.82, 2.24) is 28.9 Å². The van der Waals surface area contributed by atoms with E-state index >= 15 is 0 Å². The lowest BCUT2D eigenvalue weighted by molar-refractivity contribution is -0.123. The Bertz CT molecular complexity index is 2040. The van der Waals surface area contributed by atoms with Gasteiger partial charge in [-0.1, -0.05) is 48.5 Å². The molecule has 220 valence electrons. The zero-order valence-electron chi connectivity index (χ0n) is 24.3. The molecular weight excluding hydrogens is 572 g/mol. The number of aromatic amines is 1. The molecule has 0 bridgehead atoms. The monoisotopic (exact) mass is 602 g/mol. The van der Waals surface area contributed by atoms with Gasteiger partial charge in [-0.05, 0) is 30.5 Å². The molecule has 2 aromatic carbocycles. The SMILES string of the molecule is CN1C(=O)C2(CCN(c3cn[nH]c3)CC2)c2c1cnc1c2c(-c2ccccc2)c(-c2cnn(C)c2)n1S(=O)c1ccccc1. The number of nitrogens with one attached hydrogen (secondary N) is 1. The number of aryl methyl sites for hydroxylation is 1. The standard InChI is InChI=1S/C33H30N8O2S/c1-38-21-23(17-37-38)30-27(22-9-5-3-6-10-22)28-29-26(20-34-31(28)41(30)44(43)25-11-7-4-8-12-25)39(2)32(42)33(29)13-15-40(16-14-33)24-18-35-36-19-24/h3-12,17-21H,13-16H2,1-2H3,(H,35,36). The van der Waals surface area contributed by atoms with Gasteiger partial charge in [0.1, 0.15) is 0 Å². The minimum atomic E-state index is -1.63. The summed E-state index contributed by atoms with van der Waals surface area (Å²) in [6.45, 7) is 1.41. The number of nitrogens with zero attached hydrogens (tertiary/aromatic N) is 7. The van der Waals surface area contributed by atoms with E-state index in [2.05, 4.69) is 32.3 Å². The summed E-state index contributed by atoms with van der Waals surface area (Å²) in [6.07, 6.45) is 10.5. The highest BCUT2D eigenvalue weighted by molar-refractivity contribution is 7.83. The van der Waals surface area contributed by atoms with Crippen molar-refractivity contribution in [2.24, 2.45) is 7.05 Å². The third kappa shape index (κ3) is 3.82. The molecule has 1 saturated heterocycles. The van der Waals surface area contributed by atoms with Crippen molar-refractivity contribution in [2.45, 2.75) is 23.2 Å². The molecule has 2 aliphatic rings. The number of hydrogen-bond acceptors (Lipinski definition) is 6. The summed E-state index contributed by atoms with van der Waals surface area (Å²) in [6, 6.07) is 19.6. The van der Waals surface area contributed by atoms with Gasteiger partial charge in [-0.25, -0.2) is 13.2 Å². The number of carbonyl (C=O) groups excluding carboxylic acids is 1. The fourth-order valence-electron chi connectivity index (χ4n) is 7.01. The smallest absolute Gasteiger partial charge is 0.237 e. The van der Waals surface area contributed by atoms with Gasteiger partial charge in [-0.15, -0.1) is 0 Å². The van der Waals surface area contributed by atoms with Gasteiger partial charge in [-0.2, -0.15) is 10.2 Å². The average molecular weight is 603 g/mol.